The van der Waals surface area contributed by atoms with Crippen LogP contribution < -0.4 is 16.0 Å². The quantitative estimate of drug-likeness (QED) is 0.691. The van der Waals surface area contributed by atoms with E-state index in [1.165, 1.54) is 6.33 Å². The molecule has 0 amide bonds. The number of carboxylic acids is 1. The number of nitrogen functional groups attached to an aromatic ring is 1. The summed E-state index contributed by atoms with van der Waals surface area (Å²) in [5.41, 5.74) is 5.41. The highest BCUT2D eigenvalue weighted by Crippen LogP contribution is 2.25. The van der Waals surface area contributed by atoms with E-state index in [1.54, 1.807) is 11.9 Å². The van der Waals surface area contributed by atoms with Crippen molar-refractivity contribution in [3.05, 3.63) is 12.1 Å². The number of nitrogens with zero attached hydrogens (tertiary/aromatic N) is 3. The average Bonchev–Trinajstić information content (AvgIpc) is 2.41. The molecular formula is C11H16FN5O2. The maximum Gasteiger partial charge on any atom is 0.308 e. The van der Waals surface area contributed by atoms with Crippen LogP contribution in [0.2, 0.25) is 0 Å². The van der Waals surface area contributed by atoms with Gasteiger partial charge in [-0.3, -0.25) is 4.79 Å². The van der Waals surface area contributed by atoms with Crippen LogP contribution in [-0.2, 0) is 4.79 Å². The Morgan fingerprint density at radius 3 is 3.00 bits per heavy atom. The third-order valence-corrected chi connectivity index (χ3v) is 3.40. The number of carboxylic acid groups (broad SMARTS) is 1. The van der Waals surface area contributed by atoms with Gasteiger partial charge in [0, 0.05) is 19.1 Å². The van der Waals surface area contributed by atoms with Gasteiger partial charge in [-0.1, -0.05) is 0 Å². The minimum atomic E-state index is -0.846. The molecule has 7 nitrogen and oxygen atoms in total. The van der Waals surface area contributed by atoms with Gasteiger partial charge in [0.05, 0.1) is 5.92 Å². The van der Waals surface area contributed by atoms with Gasteiger partial charge in [-0.25, -0.2) is 9.97 Å². The molecule has 1 fully saturated rings. The van der Waals surface area contributed by atoms with Gasteiger partial charge in [-0.2, -0.15) is 4.39 Å². The van der Waals surface area contributed by atoms with Gasteiger partial charge in [-0.15, -0.1) is 0 Å². The van der Waals surface area contributed by atoms with E-state index < -0.39 is 17.7 Å². The predicted molar refractivity (Wildman–Crippen MR) is 67.2 cm³/mol. The van der Waals surface area contributed by atoms with Crippen molar-refractivity contribution in [1.29, 1.82) is 0 Å². The number of nitrogens with one attached hydrogen (secondary N) is 1. The molecule has 1 aliphatic rings. The molecule has 0 bridgehead atoms. The highest BCUT2D eigenvalue weighted by Gasteiger charge is 2.34. The molecule has 104 valence electrons. The van der Waals surface area contributed by atoms with Crippen LogP contribution >= 0.6 is 0 Å². The molecule has 1 aromatic heterocycles. The molecule has 8 heteroatoms. The molecule has 2 atom stereocenters. The Morgan fingerprint density at radius 1 is 1.63 bits per heavy atom. The first-order valence-corrected chi connectivity index (χ1v) is 5.95. The van der Waals surface area contributed by atoms with E-state index in [0.717, 1.165) is 0 Å². The van der Waals surface area contributed by atoms with Gasteiger partial charge in [0.1, 0.15) is 6.33 Å². The predicted octanol–water partition coefficient (Wildman–Crippen LogP) is -0.303. The van der Waals surface area contributed by atoms with Crippen molar-refractivity contribution in [3.8, 4) is 0 Å². The summed E-state index contributed by atoms with van der Waals surface area (Å²) in [5.74, 6) is -2.07. The molecule has 0 aliphatic carbocycles. The number of likely N-dealkylation sites (N-methyl/N-ethyl adjacent to an activating group) is 1. The Bertz CT molecular complexity index is 484. The molecule has 0 spiro atoms. The molecule has 1 unspecified atom stereocenters. The van der Waals surface area contributed by atoms with Crippen molar-refractivity contribution in [2.45, 2.75) is 12.5 Å². The summed E-state index contributed by atoms with van der Waals surface area (Å²) in [7, 11) is 1.69. The smallest absolute Gasteiger partial charge is 0.308 e. The molecule has 1 aliphatic heterocycles. The summed E-state index contributed by atoms with van der Waals surface area (Å²) in [5, 5.41) is 12.1. The van der Waals surface area contributed by atoms with E-state index in [2.05, 4.69) is 15.3 Å². The number of aromatic nitrogens is 2. The molecule has 0 aromatic carbocycles. The Labute approximate surface area is 109 Å². The maximum absolute atomic E-state index is 13.8. The van der Waals surface area contributed by atoms with Crippen LogP contribution in [-0.4, -0.2) is 47.2 Å². The molecule has 19 heavy (non-hydrogen) atoms. The van der Waals surface area contributed by atoms with Crippen LogP contribution in [0.3, 0.4) is 0 Å². The van der Waals surface area contributed by atoms with Gasteiger partial charge in [0.15, 0.2) is 11.6 Å². The van der Waals surface area contributed by atoms with Crippen molar-refractivity contribution in [1.82, 2.24) is 15.3 Å². The topological polar surface area (TPSA) is 104 Å². The highest BCUT2D eigenvalue weighted by molar-refractivity contribution is 5.71. The fraction of sp³-hybridized carbons (Fsp3) is 0.545. The van der Waals surface area contributed by atoms with E-state index in [0.29, 0.717) is 19.5 Å². The Kier molecular flexibility index (Phi) is 3.79. The summed E-state index contributed by atoms with van der Waals surface area (Å²) in [4.78, 5) is 20.3. The van der Waals surface area contributed by atoms with Gasteiger partial charge in [0.25, 0.3) is 0 Å². The van der Waals surface area contributed by atoms with Crippen molar-refractivity contribution in [2.24, 2.45) is 5.92 Å². The minimum absolute atomic E-state index is 0.122. The zero-order valence-electron chi connectivity index (χ0n) is 10.5. The Hall–Kier alpha value is -1.96. The lowest BCUT2D eigenvalue weighted by molar-refractivity contribution is -0.143. The van der Waals surface area contributed by atoms with E-state index >= 15 is 0 Å². The van der Waals surface area contributed by atoms with Crippen molar-refractivity contribution < 1.29 is 14.3 Å². The Morgan fingerprint density at radius 2 is 2.37 bits per heavy atom. The molecule has 2 heterocycles. The number of hydrogen-bond donors (Lipinski definition) is 3. The maximum atomic E-state index is 13.8. The van der Waals surface area contributed by atoms with Crippen LogP contribution in [0, 0.1) is 11.7 Å². The lowest BCUT2D eigenvalue weighted by Gasteiger charge is -2.37. The lowest BCUT2D eigenvalue weighted by Crippen LogP contribution is -2.52. The number of nitrogens with two attached hydrogens (primary N) is 1. The highest BCUT2D eigenvalue weighted by atomic mass is 19.1. The number of halogens is 1. The average molecular weight is 269 g/mol. The second-order valence-corrected chi connectivity index (χ2v) is 4.47. The molecule has 1 saturated heterocycles. The zero-order valence-corrected chi connectivity index (χ0v) is 10.5. The van der Waals surface area contributed by atoms with Gasteiger partial charge in [-0.05, 0) is 13.5 Å². The molecule has 1 aromatic rings. The Balaban J connectivity index is 2.20. The summed E-state index contributed by atoms with van der Waals surface area (Å²) >= 11 is 0. The minimum Gasteiger partial charge on any atom is -0.481 e. The van der Waals surface area contributed by atoms with Gasteiger partial charge < -0.3 is 21.1 Å². The molecule has 2 rings (SSSR count). The van der Waals surface area contributed by atoms with Crippen LogP contribution in [0.25, 0.3) is 0 Å². The SMILES string of the molecule is CN[C@H]1CN(c2ncnc(N)c2F)CCC1C(=O)O. The molecule has 0 radical (unpaired) electrons. The summed E-state index contributed by atoms with van der Waals surface area (Å²) in [6.45, 7) is 0.781. The largest absolute Gasteiger partial charge is 0.481 e. The summed E-state index contributed by atoms with van der Waals surface area (Å²) in [6, 6.07) is -0.262. The summed E-state index contributed by atoms with van der Waals surface area (Å²) in [6.07, 6.45) is 1.62. The zero-order chi connectivity index (χ0) is 14.0. The fourth-order valence-corrected chi connectivity index (χ4v) is 2.33. The molecule has 0 saturated carbocycles. The number of piperidine rings is 1. The fourth-order valence-electron chi connectivity index (χ4n) is 2.33. The number of aliphatic carboxylic acids is 1. The van der Waals surface area contributed by atoms with E-state index in [4.69, 9.17) is 10.8 Å². The number of anilines is 2. The second-order valence-electron chi connectivity index (χ2n) is 4.47. The third kappa shape index (κ3) is 2.58. The van der Waals surface area contributed by atoms with Crippen molar-refractivity contribution in [3.63, 3.8) is 0 Å². The summed E-state index contributed by atoms with van der Waals surface area (Å²) < 4.78 is 13.8. The van der Waals surface area contributed by atoms with Crippen LogP contribution in [0.4, 0.5) is 16.0 Å². The molecule has 4 N–H and O–H groups in total. The van der Waals surface area contributed by atoms with E-state index in [-0.39, 0.29) is 17.7 Å². The number of rotatable bonds is 3. The first-order chi connectivity index (χ1) is 9.04. The van der Waals surface area contributed by atoms with E-state index in [1.807, 2.05) is 0 Å². The first kappa shape index (κ1) is 13.5. The van der Waals surface area contributed by atoms with Crippen LogP contribution in [0.15, 0.2) is 6.33 Å². The third-order valence-electron chi connectivity index (χ3n) is 3.40. The number of hydrogen-bond acceptors (Lipinski definition) is 6. The van der Waals surface area contributed by atoms with Crippen molar-refractivity contribution in [2.75, 3.05) is 30.8 Å². The molecular weight excluding hydrogens is 253 g/mol. The normalized spacial score (nSPS) is 23.4. The van der Waals surface area contributed by atoms with Gasteiger partial charge in [0.2, 0.25) is 5.82 Å². The van der Waals surface area contributed by atoms with E-state index in [9.17, 15) is 9.18 Å². The first-order valence-electron chi connectivity index (χ1n) is 5.95. The van der Waals surface area contributed by atoms with Crippen molar-refractivity contribution >= 4 is 17.6 Å². The van der Waals surface area contributed by atoms with Crippen LogP contribution in [0.1, 0.15) is 6.42 Å². The second kappa shape index (κ2) is 5.35. The monoisotopic (exact) mass is 269 g/mol. The standard InChI is InChI=1S/C11H16FN5O2/c1-14-7-4-17(3-2-6(7)11(18)19)10-8(12)9(13)15-5-16-10/h5-7,14H,2-4H2,1H3,(H,18,19)(H2,13,15,16)/t6?,7-/m0/s1. The lowest BCUT2D eigenvalue weighted by atomic mass is 9.92. The van der Waals surface area contributed by atoms with Crippen LogP contribution in [0.5, 0.6) is 0 Å². The number of carbonyl (C=O) groups is 1. The van der Waals surface area contributed by atoms with Gasteiger partial charge >= 0.3 is 5.97 Å².